The molecule has 1 aliphatic rings. The second-order valence-corrected chi connectivity index (χ2v) is 7.49. The number of nitrogens with zero attached hydrogens (tertiary/aromatic N) is 1. The van der Waals surface area contributed by atoms with Gasteiger partial charge in [-0.3, -0.25) is 4.79 Å². The van der Waals surface area contributed by atoms with E-state index in [9.17, 15) is 9.59 Å². The summed E-state index contributed by atoms with van der Waals surface area (Å²) in [6.07, 6.45) is 6.41. The number of halogens is 1. The van der Waals surface area contributed by atoms with Gasteiger partial charge in [-0.05, 0) is 52.4 Å². The Morgan fingerprint density at radius 1 is 1.15 bits per heavy atom. The number of hydrogen-bond acceptors (Lipinski definition) is 4. The maximum absolute atomic E-state index is 12.0. The molecule has 0 saturated heterocycles. The number of hydrogen-bond donors (Lipinski definition) is 0. The third-order valence-corrected chi connectivity index (χ3v) is 6.09. The molecule has 26 heavy (non-hydrogen) atoms. The monoisotopic (exact) mass is 421 g/mol. The minimum absolute atomic E-state index is 0.248. The molecule has 1 aliphatic carbocycles. The lowest BCUT2D eigenvalue weighted by Crippen LogP contribution is -2.08. The first-order valence-corrected chi connectivity index (χ1v) is 9.83. The Morgan fingerprint density at radius 2 is 1.88 bits per heavy atom. The molecule has 1 fully saturated rings. The van der Waals surface area contributed by atoms with E-state index < -0.39 is 0 Å². The van der Waals surface area contributed by atoms with E-state index in [0.717, 1.165) is 15.5 Å². The smallest absolute Gasteiger partial charge is 0.337 e. The van der Waals surface area contributed by atoms with Gasteiger partial charge in [0.25, 0.3) is 0 Å². The molecule has 6 heteroatoms. The average molecular weight is 422 g/mol. The van der Waals surface area contributed by atoms with Crippen LogP contribution in [0.4, 0.5) is 0 Å². The van der Waals surface area contributed by atoms with E-state index in [4.69, 9.17) is 9.47 Å². The van der Waals surface area contributed by atoms with Crippen LogP contribution in [0.25, 0.3) is 10.9 Å². The van der Waals surface area contributed by atoms with Crippen molar-refractivity contribution in [3.05, 3.63) is 33.9 Å². The summed E-state index contributed by atoms with van der Waals surface area (Å²) < 4.78 is 12.7. The first-order chi connectivity index (χ1) is 12.6. The van der Waals surface area contributed by atoms with Gasteiger partial charge in [0.05, 0.1) is 36.3 Å². The molecule has 0 amide bonds. The molecule has 0 bridgehead atoms. The molecule has 2 aromatic rings. The van der Waals surface area contributed by atoms with E-state index in [2.05, 4.69) is 20.5 Å². The summed E-state index contributed by atoms with van der Waals surface area (Å²) in [5.41, 5.74) is 2.75. The maximum Gasteiger partial charge on any atom is 0.337 e. The van der Waals surface area contributed by atoms with Crippen molar-refractivity contribution in [2.45, 2.75) is 51.0 Å². The Morgan fingerprint density at radius 3 is 2.54 bits per heavy atom. The summed E-state index contributed by atoms with van der Waals surface area (Å²) in [7, 11) is 2.78. The molecule has 1 aromatic heterocycles. The standard InChI is InChI=1S/C20H24BrNO4/c1-25-17(23)10-11-22-16-12-14(20(24)26-2)8-9-15(16)18(19(22)21)13-6-4-3-5-7-13/h8-9,12-13H,3-7,10-11H2,1-2H3. The largest absolute Gasteiger partial charge is 0.469 e. The van der Waals surface area contributed by atoms with E-state index >= 15 is 0 Å². The Bertz CT molecular complexity index is 821. The van der Waals surface area contributed by atoms with Crippen molar-refractivity contribution in [3.8, 4) is 0 Å². The SMILES string of the molecule is COC(=O)CCn1c(Br)c(C2CCCCC2)c2ccc(C(=O)OC)cc21. The number of aryl methyl sites for hydroxylation is 1. The molecule has 0 spiro atoms. The van der Waals surface area contributed by atoms with Crippen molar-refractivity contribution in [1.82, 2.24) is 4.57 Å². The van der Waals surface area contributed by atoms with Gasteiger partial charge >= 0.3 is 11.9 Å². The van der Waals surface area contributed by atoms with Gasteiger partial charge < -0.3 is 14.0 Å². The highest BCUT2D eigenvalue weighted by molar-refractivity contribution is 9.10. The number of ether oxygens (including phenoxy) is 2. The predicted molar refractivity (Wildman–Crippen MR) is 103 cm³/mol. The highest BCUT2D eigenvalue weighted by Crippen LogP contribution is 2.42. The van der Waals surface area contributed by atoms with E-state index in [-0.39, 0.29) is 18.4 Å². The van der Waals surface area contributed by atoms with Crippen molar-refractivity contribution < 1.29 is 19.1 Å². The van der Waals surface area contributed by atoms with Crippen LogP contribution >= 0.6 is 15.9 Å². The van der Waals surface area contributed by atoms with Gasteiger partial charge in [-0.25, -0.2) is 4.79 Å². The molecular formula is C20H24BrNO4. The van der Waals surface area contributed by atoms with Crippen molar-refractivity contribution >= 4 is 38.8 Å². The quantitative estimate of drug-likeness (QED) is 0.650. The maximum atomic E-state index is 12.0. The summed E-state index contributed by atoms with van der Waals surface area (Å²) in [6.45, 7) is 0.501. The molecule has 3 rings (SSSR count). The Kier molecular flexibility index (Phi) is 6.01. The van der Waals surface area contributed by atoms with Gasteiger partial charge in [0.2, 0.25) is 0 Å². The summed E-state index contributed by atoms with van der Waals surface area (Å²) in [6, 6.07) is 5.68. The lowest BCUT2D eigenvalue weighted by Gasteiger charge is -2.22. The molecular weight excluding hydrogens is 398 g/mol. The van der Waals surface area contributed by atoms with Crippen LogP contribution in [-0.2, 0) is 20.8 Å². The third kappa shape index (κ3) is 3.65. The fourth-order valence-corrected chi connectivity index (χ4v) is 4.80. The summed E-state index contributed by atoms with van der Waals surface area (Å²) in [5, 5.41) is 1.14. The Balaban J connectivity index is 2.09. The van der Waals surface area contributed by atoms with Crippen LogP contribution in [0, 0.1) is 0 Å². The van der Waals surface area contributed by atoms with Gasteiger partial charge in [0, 0.05) is 11.9 Å². The van der Waals surface area contributed by atoms with E-state index in [0.29, 0.717) is 18.0 Å². The molecule has 5 nitrogen and oxygen atoms in total. The number of aromatic nitrogens is 1. The van der Waals surface area contributed by atoms with Gasteiger partial charge in [-0.1, -0.05) is 25.3 Å². The zero-order chi connectivity index (χ0) is 18.7. The molecule has 0 aliphatic heterocycles. The average Bonchev–Trinajstić information content (AvgIpc) is 2.96. The number of carbonyl (C=O) groups excluding carboxylic acids is 2. The number of fused-ring (bicyclic) bond motifs is 1. The van der Waals surface area contributed by atoms with Crippen LogP contribution < -0.4 is 0 Å². The zero-order valence-corrected chi connectivity index (χ0v) is 16.8. The van der Waals surface area contributed by atoms with Gasteiger partial charge in [-0.2, -0.15) is 0 Å². The molecule has 140 valence electrons. The fourth-order valence-electron chi connectivity index (χ4n) is 3.89. The summed E-state index contributed by atoms with van der Waals surface area (Å²) in [5.74, 6) is -0.103. The lowest BCUT2D eigenvalue weighted by atomic mass is 9.84. The van der Waals surface area contributed by atoms with E-state index in [1.807, 2.05) is 18.2 Å². The second-order valence-electron chi connectivity index (χ2n) is 6.74. The van der Waals surface area contributed by atoms with Crippen molar-refractivity contribution in [3.63, 3.8) is 0 Å². The Hall–Kier alpha value is -1.82. The topological polar surface area (TPSA) is 57.5 Å². The molecule has 0 radical (unpaired) electrons. The first-order valence-electron chi connectivity index (χ1n) is 9.03. The van der Waals surface area contributed by atoms with Crippen LogP contribution in [-0.4, -0.2) is 30.7 Å². The normalized spacial score (nSPS) is 15.2. The lowest BCUT2D eigenvalue weighted by molar-refractivity contribution is -0.140. The van der Waals surface area contributed by atoms with Gasteiger partial charge in [-0.15, -0.1) is 0 Å². The predicted octanol–water partition coefficient (Wildman–Crippen LogP) is 4.80. The fraction of sp³-hybridized carbons (Fsp3) is 0.500. The molecule has 1 aromatic carbocycles. The van der Waals surface area contributed by atoms with Crippen LogP contribution in [0.5, 0.6) is 0 Å². The van der Waals surface area contributed by atoms with Crippen LogP contribution in [0.3, 0.4) is 0 Å². The molecule has 0 atom stereocenters. The number of methoxy groups -OCH3 is 2. The minimum Gasteiger partial charge on any atom is -0.469 e. The van der Waals surface area contributed by atoms with Crippen molar-refractivity contribution in [2.24, 2.45) is 0 Å². The van der Waals surface area contributed by atoms with Crippen LogP contribution in [0.1, 0.15) is 60.4 Å². The summed E-state index contributed by atoms with van der Waals surface area (Å²) >= 11 is 3.78. The molecule has 1 heterocycles. The zero-order valence-electron chi connectivity index (χ0n) is 15.2. The van der Waals surface area contributed by atoms with Crippen LogP contribution in [0.15, 0.2) is 22.8 Å². The number of benzene rings is 1. The van der Waals surface area contributed by atoms with E-state index in [1.54, 1.807) is 0 Å². The number of carbonyl (C=O) groups is 2. The second kappa shape index (κ2) is 8.25. The van der Waals surface area contributed by atoms with Crippen molar-refractivity contribution in [2.75, 3.05) is 14.2 Å². The molecule has 1 saturated carbocycles. The summed E-state index contributed by atoms with van der Waals surface area (Å²) in [4.78, 5) is 23.6. The number of rotatable bonds is 5. The third-order valence-electron chi connectivity index (χ3n) is 5.24. The molecule has 0 N–H and O–H groups in total. The highest BCUT2D eigenvalue weighted by Gasteiger charge is 2.25. The minimum atomic E-state index is -0.358. The number of esters is 2. The molecule has 0 unspecified atom stereocenters. The van der Waals surface area contributed by atoms with E-state index in [1.165, 1.54) is 51.9 Å². The highest BCUT2D eigenvalue weighted by atomic mass is 79.9. The van der Waals surface area contributed by atoms with Gasteiger partial charge in [0.1, 0.15) is 0 Å². The van der Waals surface area contributed by atoms with Crippen molar-refractivity contribution in [1.29, 1.82) is 0 Å². The van der Waals surface area contributed by atoms with Crippen LogP contribution in [0.2, 0.25) is 0 Å². The Labute approximate surface area is 161 Å². The first kappa shape index (κ1) is 19.0. The van der Waals surface area contributed by atoms with Gasteiger partial charge in [0.15, 0.2) is 0 Å².